The van der Waals surface area contributed by atoms with Crippen molar-refractivity contribution in [1.82, 2.24) is 0 Å². The molecule has 0 bridgehead atoms. The molecule has 0 aromatic heterocycles. The number of aliphatic hydroxyl groups excluding tert-OH is 1. The highest BCUT2D eigenvalue weighted by Gasteiger charge is 2.30. The van der Waals surface area contributed by atoms with E-state index in [4.69, 9.17) is 37.0 Å². The lowest BCUT2D eigenvalue weighted by atomic mass is 9.99. The van der Waals surface area contributed by atoms with E-state index in [0.29, 0.717) is 25.7 Å². The predicted octanol–water partition coefficient (Wildman–Crippen LogP) is 17.0. The number of phosphoric acid groups is 2. The number of esters is 4. The van der Waals surface area contributed by atoms with Gasteiger partial charge < -0.3 is 33.8 Å². The predicted molar refractivity (Wildman–Crippen MR) is 322 cm³/mol. The summed E-state index contributed by atoms with van der Waals surface area (Å²) in [5, 5.41) is 10.5. The third-order valence-corrected chi connectivity index (χ3v) is 16.5. The first-order chi connectivity index (χ1) is 39.1. The highest BCUT2D eigenvalue weighted by atomic mass is 31.2. The molecule has 0 saturated carbocycles. The fourth-order valence-corrected chi connectivity index (χ4v) is 10.8. The fourth-order valence-electron chi connectivity index (χ4n) is 9.20. The average Bonchev–Trinajstić information content (AvgIpc) is 3.45. The SMILES string of the molecule is CCCCCCCCCCCC(=O)OC[C@H](COP(=O)(O)OC[C@@H](O)COP(=O)(O)OC[C@@H](COC(=O)CCCCCCC)OC(=O)CCCCCCC)OC(=O)CCCCCCCCCCCCCCCCCCCCC(C)CC. The van der Waals surface area contributed by atoms with Crippen LogP contribution in [0.4, 0.5) is 0 Å². The Bertz CT molecular complexity index is 1590. The summed E-state index contributed by atoms with van der Waals surface area (Å²) in [6.07, 6.45) is 39.9. The van der Waals surface area contributed by atoms with Gasteiger partial charge in [0.15, 0.2) is 12.2 Å². The zero-order chi connectivity index (χ0) is 59.9. The standard InChI is InChI=1S/C62H120O17P2/c1-6-10-13-16-17-28-32-37-41-46-60(65)73-52-58(79-62(67)48-43-38-33-30-27-25-23-21-19-18-20-22-24-26-29-31-36-39-44-55(5)9-4)54-77-81(70,71)75-50-56(63)49-74-80(68,69)76-53-57(78-61(66)47-42-35-15-12-8-3)51-72-59(64)45-40-34-14-11-7-2/h55-58,63H,6-54H2,1-5H3,(H,68,69)(H,70,71)/t55?,56-,57+,58+/m0/s1. The first kappa shape index (κ1) is 79.1. The second kappa shape index (κ2) is 55.9. The van der Waals surface area contributed by atoms with E-state index in [-0.39, 0.29) is 25.7 Å². The molecule has 0 amide bonds. The maximum absolute atomic E-state index is 13.0. The molecule has 0 rings (SSSR count). The molecule has 0 heterocycles. The maximum Gasteiger partial charge on any atom is 0.472 e. The summed E-state index contributed by atoms with van der Waals surface area (Å²) in [5.74, 6) is -1.29. The lowest BCUT2D eigenvalue weighted by molar-refractivity contribution is -0.161. The Kier molecular flexibility index (Phi) is 54.6. The molecule has 3 N–H and O–H groups in total. The second-order valence-electron chi connectivity index (χ2n) is 22.7. The molecule has 0 aromatic carbocycles. The summed E-state index contributed by atoms with van der Waals surface area (Å²) in [6, 6.07) is 0. The van der Waals surface area contributed by atoms with E-state index in [1.807, 2.05) is 0 Å². The topological polar surface area (TPSA) is 237 Å². The van der Waals surface area contributed by atoms with E-state index in [9.17, 15) is 43.2 Å². The first-order valence-corrected chi connectivity index (χ1v) is 35.7. The number of carbonyl (C=O) groups excluding carboxylic acids is 4. The number of aliphatic hydroxyl groups is 1. The first-order valence-electron chi connectivity index (χ1n) is 32.7. The Morgan fingerprint density at radius 1 is 0.346 bits per heavy atom. The molecule has 480 valence electrons. The van der Waals surface area contributed by atoms with Gasteiger partial charge in [-0.2, -0.15) is 0 Å². The molecule has 0 saturated heterocycles. The second-order valence-corrected chi connectivity index (χ2v) is 25.6. The van der Waals surface area contributed by atoms with Crippen molar-refractivity contribution in [2.24, 2.45) is 5.92 Å². The number of hydrogen-bond donors (Lipinski definition) is 3. The van der Waals surface area contributed by atoms with Crippen molar-refractivity contribution in [3.63, 3.8) is 0 Å². The molecule has 0 aliphatic carbocycles. The lowest BCUT2D eigenvalue weighted by Gasteiger charge is -2.21. The highest BCUT2D eigenvalue weighted by Crippen LogP contribution is 2.45. The molecule has 19 heteroatoms. The maximum atomic E-state index is 13.0. The van der Waals surface area contributed by atoms with Gasteiger partial charge in [0.2, 0.25) is 0 Å². The molecule has 0 aliphatic heterocycles. The molecule has 0 fully saturated rings. The largest absolute Gasteiger partial charge is 0.472 e. The van der Waals surface area contributed by atoms with Crippen LogP contribution in [-0.2, 0) is 65.4 Å². The van der Waals surface area contributed by atoms with Crippen LogP contribution in [0.5, 0.6) is 0 Å². The molecule has 0 aromatic rings. The van der Waals surface area contributed by atoms with Crippen LogP contribution in [0.15, 0.2) is 0 Å². The normalized spacial score (nSPS) is 14.6. The quantitative estimate of drug-likeness (QED) is 0.0222. The van der Waals surface area contributed by atoms with Crippen molar-refractivity contribution in [1.29, 1.82) is 0 Å². The number of rotatable bonds is 62. The van der Waals surface area contributed by atoms with Gasteiger partial charge in [0.1, 0.15) is 19.3 Å². The Morgan fingerprint density at radius 2 is 0.593 bits per heavy atom. The van der Waals surface area contributed by atoms with Crippen molar-refractivity contribution in [2.45, 2.75) is 329 Å². The molecule has 17 nitrogen and oxygen atoms in total. The van der Waals surface area contributed by atoms with Crippen LogP contribution in [0.2, 0.25) is 0 Å². The average molecular weight is 1200 g/mol. The monoisotopic (exact) mass is 1200 g/mol. The van der Waals surface area contributed by atoms with E-state index < -0.39 is 97.5 Å². The van der Waals surface area contributed by atoms with E-state index in [1.165, 1.54) is 128 Å². The Morgan fingerprint density at radius 3 is 0.877 bits per heavy atom. The molecular weight excluding hydrogens is 1080 g/mol. The van der Waals surface area contributed by atoms with E-state index in [1.54, 1.807) is 0 Å². The molecule has 6 atom stereocenters. The van der Waals surface area contributed by atoms with Crippen molar-refractivity contribution < 1.29 is 80.2 Å². The summed E-state index contributed by atoms with van der Waals surface area (Å²) >= 11 is 0. The van der Waals surface area contributed by atoms with Gasteiger partial charge in [-0.05, 0) is 31.6 Å². The molecule has 81 heavy (non-hydrogen) atoms. The van der Waals surface area contributed by atoms with Gasteiger partial charge in [0.05, 0.1) is 26.4 Å². The van der Waals surface area contributed by atoms with Crippen molar-refractivity contribution in [2.75, 3.05) is 39.6 Å². The Balaban J connectivity index is 4.97. The summed E-state index contributed by atoms with van der Waals surface area (Å²) in [7, 11) is -9.86. The van der Waals surface area contributed by atoms with Crippen molar-refractivity contribution in [3.05, 3.63) is 0 Å². The van der Waals surface area contributed by atoms with Gasteiger partial charge in [-0.1, -0.05) is 259 Å². The van der Waals surface area contributed by atoms with Crippen LogP contribution in [0.1, 0.15) is 311 Å². The number of ether oxygens (including phenoxy) is 4. The number of carbonyl (C=O) groups is 4. The zero-order valence-electron chi connectivity index (χ0n) is 51.9. The number of phosphoric ester groups is 2. The minimum absolute atomic E-state index is 0.0989. The van der Waals surface area contributed by atoms with Crippen LogP contribution in [-0.4, -0.2) is 96.7 Å². The molecule has 0 aliphatic rings. The van der Waals surface area contributed by atoms with Crippen LogP contribution < -0.4 is 0 Å². The van der Waals surface area contributed by atoms with Crippen LogP contribution >= 0.6 is 15.6 Å². The summed E-state index contributed by atoms with van der Waals surface area (Å²) in [5.41, 5.74) is 0. The fraction of sp³-hybridized carbons (Fsp3) is 0.935. The summed E-state index contributed by atoms with van der Waals surface area (Å²) < 4.78 is 67.4. The van der Waals surface area contributed by atoms with Gasteiger partial charge in [0.25, 0.3) is 0 Å². The van der Waals surface area contributed by atoms with Gasteiger partial charge >= 0.3 is 39.5 Å². The number of unbranched alkanes of at least 4 members (excludes halogenated alkanes) is 33. The summed E-state index contributed by atoms with van der Waals surface area (Å²) in [6.45, 7) is 7.04. The van der Waals surface area contributed by atoms with Gasteiger partial charge in [0, 0.05) is 25.7 Å². The van der Waals surface area contributed by atoms with E-state index in [0.717, 1.165) is 102 Å². The van der Waals surface area contributed by atoms with Gasteiger partial charge in [-0.15, -0.1) is 0 Å². The van der Waals surface area contributed by atoms with Crippen molar-refractivity contribution >= 4 is 39.5 Å². The van der Waals surface area contributed by atoms with Crippen LogP contribution in [0, 0.1) is 5.92 Å². The Hall–Kier alpha value is -1.94. The highest BCUT2D eigenvalue weighted by molar-refractivity contribution is 7.47. The molecule has 3 unspecified atom stereocenters. The molecule has 0 radical (unpaired) electrons. The minimum atomic E-state index is -4.94. The van der Waals surface area contributed by atoms with Gasteiger partial charge in [-0.25, -0.2) is 9.13 Å². The van der Waals surface area contributed by atoms with E-state index >= 15 is 0 Å². The molecular formula is C62H120O17P2. The molecule has 0 spiro atoms. The van der Waals surface area contributed by atoms with Crippen LogP contribution in [0.25, 0.3) is 0 Å². The van der Waals surface area contributed by atoms with Gasteiger partial charge in [-0.3, -0.25) is 37.3 Å². The minimum Gasteiger partial charge on any atom is -0.462 e. The third kappa shape index (κ3) is 55.7. The van der Waals surface area contributed by atoms with Crippen molar-refractivity contribution in [3.8, 4) is 0 Å². The smallest absolute Gasteiger partial charge is 0.462 e. The summed E-state index contributed by atoms with van der Waals surface area (Å²) in [4.78, 5) is 71.5. The Labute approximate surface area is 492 Å². The third-order valence-electron chi connectivity index (χ3n) is 14.6. The lowest BCUT2D eigenvalue weighted by Crippen LogP contribution is -2.30. The van der Waals surface area contributed by atoms with Crippen LogP contribution in [0.3, 0.4) is 0 Å². The number of hydrogen-bond acceptors (Lipinski definition) is 15. The zero-order valence-corrected chi connectivity index (χ0v) is 53.7. The van der Waals surface area contributed by atoms with E-state index in [2.05, 4.69) is 34.6 Å².